The summed E-state index contributed by atoms with van der Waals surface area (Å²) in [5.41, 5.74) is 2.61. The fourth-order valence-electron chi connectivity index (χ4n) is 4.15. The van der Waals surface area contributed by atoms with E-state index >= 15 is 0 Å². The van der Waals surface area contributed by atoms with E-state index < -0.39 is 17.7 Å². The maximum absolute atomic E-state index is 13.3. The van der Waals surface area contributed by atoms with Gasteiger partial charge >= 0.3 is 0 Å². The maximum Gasteiger partial charge on any atom is 0.300 e. The third-order valence-corrected chi connectivity index (χ3v) is 5.91. The predicted octanol–water partition coefficient (Wildman–Crippen LogP) is 5.54. The van der Waals surface area contributed by atoms with Crippen LogP contribution in [0.2, 0.25) is 0 Å². The van der Waals surface area contributed by atoms with Crippen molar-refractivity contribution in [2.75, 3.05) is 11.5 Å². The Bertz CT molecular complexity index is 1240. The van der Waals surface area contributed by atoms with E-state index in [1.165, 1.54) is 17.0 Å². The number of carbonyl (C=O) groups is 2. The quantitative estimate of drug-likeness (QED) is 0.288. The standard InChI is InChI=1S/C28H27NO5/c1-4-34-23-7-5-6-20(16-23)26(31)24-25(19-10-14-22(30)15-11-19)29(28(33)27(24)32)21-12-8-18(9-13-21)17(2)3/h5-17,25,30-31H,4H2,1-3H3/b26-24-. The number of rotatable bonds is 6. The zero-order valence-corrected chi connectivity index (χ0v) is 19.4. The summed E-state index contributed by atoms with van der Waals surface area (Å²) < 4.78 is 5.53. The van der Waals surface area contributed by atoms with Crippen LogP contribution in [0.25, 0.3) is 5.76 Å². The number of anilines is 1. The van der Waals surface area contributed by atoms with Gasteiger partial charge in [0.2, 0.25) is 0 Å². The molecule has 1 fully saturated rings. The van der Waals surface area contributed by atoms with Gasteiger partial charge in [0, 0.05) is 11.3 Å². The van der Waals surface area contributed by atoms with Gasteiger partial charge < -0.3 is 14.9 Å². The van der Waals surface area contributed by atoms with Gasteiger partial charge in [0.15, 0.2) is 0 Å². The van der Waals surface area contributed by atoms with Crippen molar-refractivity contribution in [1.82, 2.24) is 0 Å². The highest BCUT2D eigenvalue weighted by molar-refractivity contribution is 6.51. The van der Waals surface area contributed by atoms with Crippen LogP contribution in [0.1, 0.15) is 49.4 Å². The number of ether oxygens (including phenoxy) is 1. The molecule has 1 heterocycles. The van der Waals surface area contributed by atoms with E-state index in [9.17, 15) is 19.8 Å². The molecule has 1 atom stereocenters. The molecular formula is C28H27NO5. The minimum Gasteiger partial charge on any atom is -0.508 e. The number of carbonyl (C=O) groups excluding carboxylic acids is 2. The molecule has 0 bridgehead atoms. The zero-order chi connectivity index (χ0) is 24.4. The number of benzene rings is 3. The SMILES string of the molecule is CCOc1cccc(/C(O)=C2/C(=O)C(=O)N(c3ccc(C(C)C)cc3)C2c2ccc(O)cc2)c1. The second-order valence-electron chi connectivity index (χ2n) is 8.47. The van der Waals surface area contributed by atoms with Crippen LogP contribution >= 0.6 is 0 Å². The van der Waals surface area contributed by atoms with E-state index in [2.05, 4.69) is 13.8 Å². The Morgan fingerprint density at radius 3 is 2.29 bits per heavy atom. The molecule has 3 aromatic rings. The number of ketones is 1. The summed E-state index contributed by atoms with van der Waals surface area (Å²) in [6, 6.07) is 19.7. The van der Waals surface area contributed by atoms with Crippen molar-refractivity contribution in [3.63, 3.8) is 0 Å². The van der Waals surface area contributed by atoms with Gasteiger partial charge in [-0.1, -0.05) is 50.2 Å². The van der Waals surface area contributed by atoms with Gasteiger partial charge in [-0.05, 0) is 60.4 Å². The highest BCUT2D eigenvalue weighted by atomic mass is 16.5. The summed E-state index contributed by atoms with van der Waals surface area (Å²) in [7, 11) is 0. The third kappa shape index (κ3) is 4.27. The van der Waals surface area contributed by atoms with Crippen LogP contribution in [-0.4, -0.2) is 28.5 Å². The molecule has 6 nitrogen and oxygen atoms in total. The molecule has 0 saturated carbocycles. The number of aromatic hydroxyl groups is 1. The molecule has 2 N–H and O–H groups in total. The van der Waals surface area contributed by atoms with Gasteiger partial charge in [-0.25, -0.2) is 0 Å². The first-order valence-corrected chi connectivity index (χ1v) is 11.2. The van der Waals surface area contributed by atoms with E-state index in [4.69, 9.17) is 4.74 Å². The van der Waals surface area contributed by atoms with Crippen LogP contribution in [0, 0.1) is 0 Å². The van der Waals surface area contributed by atoms with Crippen LogP contribution < -0.4 is 9.64 Å². The van der Waals surface area contributed by atoms with Crippen molar-refractivity contribution in [2.45, 2.75) is 32.7 Å². The average Bonchev–Trinajstić information content (AvgIpc) is 3.10. The average molecular weight is 458 g/mol. The molecule has 0 aromatic heterocycles. The molecule has 4 rings (SSSR count). The molecule has 0 spiro atoms. The molecule has 1 unspecified atom stereocenters. The van der Waals surface area contributed by atoms with Crippen molar-refractivity contribution in [1.29, 1.82) is 0 Å². The van der Waals surface area contributed by atoms with Crippen LogP contribution in [0.15, 0.2) is 78.4 Å². The van der Waals surface area contributed by atoms with E-state index in [1.807, 2.05) is 31.2 Å². The molecule has 6 heteroatoms. The molecule has 1 aliphatic heterocycles. The fourth-order valence-corrected chi connectivity index (χ4v) is 4.15. The zero-order valence-electron chi connectivity index (χ0n) is 19.4. The maximum atomic E-state index is 13.3. The van der Waals surface area contributed by atoms with Gasteiger partial charge in [0.25, 0.3) is 11.7 Å². The Balaban J connectivity index is 1.89. The summed E-state index contributed by atoms with van der Waals surface area (Å²) in [4.78, 5) is 27.9. The number of aliphatic hydroxyl groups excluding tert-OH is 1. The van der Waals surface area contributed by atoms with Crippen LogP contribution in [0.5, 0.6) is 11.5 Å². The number of phenolic OH excluding ortho intramolecular Hbond substituents is 1. The predicted molar refractivity (Wildman–Crippen MR) is 131 cm³/mol. The van der Waals surface area contributed by atoms with Gasteiger partial charge in [-0.2, -0.15) is 0 Å². The molecule has 1 aliphatic rings. The van der Waals surface area contributed by atoms with Gasteiger partial charge in [0.05, 0.1) is 18.2 Å². The molecule has 0 radical (unpaired) electrons. The Kier molecular flexibility index (Phi) is 6.41. The smallest absolute Gasteiger partial charge is 0.300 e. The minimum absolute atomic E-state index is 0.0164. The number of Topliss-reactive ketones (excluding diaryl/α,β-unsaturated/α-hetero) is 1. The summed E-state index contributed by atoms with van der Waals surface area (Å²) in [5.74, 6) is -0.852. The van der Waals surface area contributed by atoms with Crippen molar-refractivity contribution >= 4 is 23.1 Å². The molecule has 1 saturated heterocycles. The summed E-state index contributed by atoms with van der Waals surface area (Å²) >= 11 is 0. The molecular weight excluding hydrogens is 430 g/mol. The normalized spacial score (nSPS) is 17.4. The van der Waals surface area contributed by atoms with Crippen LogP contribution in [0.3, 0.4) is 0 Å². The Labute approximate surface area is 198 Å². The Hall–Kier alpha value is -4.06. The lowest BCUT2D eigenvalue weighted by atomic mass is 9.95. The van der Waals surface area contributed by atoms with E-state index in [0.29, 0.717) is 35.1 Å². The van der Waals surface area contributed by atoms with E-state index in [0.717, 1.165) is 5.56 Å². The molecule has 34 heavy (non-hydrogen) atoms. The van der Waals surface area contributed by atoms with Gasteiger partial charge in [0.1, 0.15) is 17.3 Å². The Morgan fingerprint density at radius 2 is 1.68 bits per heavy atom. The Morgan fingerprint density at radius 1 is 1.00 bits per heavy atom. The van der Waals surface area contributed by atoms with Gasteiger partial charge in [-0.3, -0.25) is 14.5 Å². The van der Waals surface area contributed by atoms with Crippen molar-refractivity contribution < 1.29 is 24.5 Å². The van der Waals surface area contributed by atoms with Crippen LogP contribution in [0.4, 0.5) is 5.69 Å². The highest BCUT2D eigenvalue weighted by Crippen LogP contribution is 2.42. The van der Waals surface area contributed by atoms with Crippen molar-refractivity contribution in [3.05, 3.63) is 95.1 Å². The first kappa shape index (κ1) is 23.1. The number of phenols is 1. The molecule has 1 amide bonds. The topological polar surface area (TPSA) is 87.1 Å². The summed E-state index contributed by atoms with van der Waals surface area (Å²) in [6.07, 6.45) is 0. The second-order valence-corrected chi connectivity index (χ2v) is 8.47. The second kappa shape index (κ2) is 9.43. The van der Waals surface area contributed by atoms with Crippen LogP contribution in [-0.2, 0) is 9.59 Å². The van der Waals surface area contributed by atoms with Crippen molar-refractivity contribution in [2.24, 2.45) is 0 Å². The molecule has 3 aromatic carbocycles. The monoisotopic (exact) mass is 457 g/mol. The third-order valence-electron chi connectivity index (χ3n) is 5.91. The summed E-state index contributed by atoms with van der Waals surface area (Å²) in [6.45, 7) is 6.46. The first-order chi connectivity index (χ1) is 16.3. The molecule has 174 valence electrons. The summed E-state index contributed by atoms with van der Waals surface area (Å²) in [5, 5.41) is 21.0. The molecule has 0 aliphatic carbocycles. The number of amides is 1. The lowest BCUT2D eigenvalue weighted by Gasteiger charge is -2.26. The number of hydrogen-bond acceptors (Lipinski definition) is 5. The van der Waals surface area contributed by atoms with Crippen molar-refractivity contribution in [3.8, 4) is 11.5 Å². The fraction of sp³-hybridized carbons (Fsp3) is 0.214. The lowest BCUT2D eigenvalue weighted by molar-refractivity contribution is -0.132. The highest BCUT2D eigenvalue weighted by Gasteiger charge is 2.47. The number of hydrogen-bond donors (Lipinski definition) is 2. The number of aliphatic hydroxyl groups is 1. The largest absolute Gasteiger partial charge is 0.508 e. The van der Waals surface area contributed by atoms with E-state index in [-0.39, 0.29) is 17.1 Å². The van der Waals surface area contributed by atoms with E-state index in [1.54, 1.807) is 36.4 Å². The van der Waals surface area contributed by atoms with Gasteiger partial charge in [-0.15, -0.1) is 0 Å². The lowest BCUT2D eigenvalue weighted by Crippen LogP contribution is -2.29. The minimum atomic E-state index is -0.860. The number of nitrogens with zero attached hydrogens (tertiary/aromatic N) is 1. The first-order valence-electron chi connectivity index (χ1n) is 11.2.